The molecule has 0 radical (unpaired) electrons. The zero-order valence-corrected chi connectivity index (χ0v) is 18.1. The topological polar surface area (TPSA) is 110 Å². The van der Waals surface area contributed by atoms with Gasteiger partial charge in [-0.1, -0.05) is 25.1 Å². The molecule has 1 amide bonds. The van der Waals surface area contributed by atoms with Crippen molar-refractivity contribution in [3.63, 3.8) is 0 Å². The molecule has 1 saturated heterocycles. The fourth-order valence-corrected chi connectivity index (χ4v) is 4.99. The average molecular weight is 441 g/mol. The second kappa shape index (κ2) is 11.1. The summed E-state index contributed by atoms with van der Waals surface area (Å²) in [5, 5.41) is 0. The third kappa shape index (κ3) is 6.27. The maximum absolute atomic E-state index is 12.7. The summed E-state index contributed by atoms with van der Waals surface area (Å²) in [5.74, 6) is -2.00. The molecule has 1 aromatic carbocycles. The van der Waals surface area contributed by atoms with Crippen molar-refractivity contribution in [3.05, 3.63) is 30.3 Å². The Morgan fingerprint density at radius 2 is 1.83 bits per heavy atom. The number of rotatable bonds is 10. The first kappa shape index (κ1) is 23.8. The summed E-state index contributed by atoms with van der Waals surface area (Å²) in [6.45, 7) is 2.92. The first-order valence-electron chi connectivity index (χ1n) is 9.97. The van der Waals surface area contributed by atoms with Gasteiger partial charge in [-0.3, -0.25) is 19.3 Å². The zero-order valence-electron chi connectivity index (χ0n) is 17.3. The number of hydrogen-bond donors (Lipinski definition) is 0. The predicted octanol–water partition coefficient (Wildman–Crippen LogP) is 1.33. The van der Waals surface area contributed by atoms with Gasteiger partial charge >= 0.3 is 11.9 Å². The Labute approximate surface area is 177 Å². The van der Waals surface area contributed by atoms with Gasteiger partial charge in [-0.05, 0) is 38.3 Å². The van der Waals surface area contributed by atoms with Crippen LogP contribution in [0.25, 0.3) is 0 Å². The molecule has 9 nitrogen and oxygen atoms in total. The van der Waals surface area contributed by atoms with E-state index in [1.807, 2.05) is 0 Å². The molecule has 1 aromatic rings. The highest BCUT2D eigenvalue weighted by molar-refractivity contribution is 7.89. The van der Waals surface area contributed by atoms with Crippen molar-refractivity contribution in [1.29, 1.82) is 0 Å². The molecular formula is C20H28N2O7S. The first-order valence-corrected chi connectivity index (χ1v) is 11.6. The molecule has 0 N–H and O–H groups in total. The van der Waals surface area contributed by atoms with E-state index < -0.39 is 40.5 Å². The molecule has 1 atom stereocenters. The van der Waals surface area contributed by atoms with E-state index in [9.17, 15) is 22.8 Å². The summed E-state index contributed by atoms with van der Waals surface area (Å²) >= 11 is 0. The highest BCUT2D eigenvalue weighted by Gasteiger charge is 2.39. The van der Waals surface area contributed by atoms with E-state index in [0.29, 0.717) is 24.9 Å². The maximum Gasteiger partial charge on any atom is 0.326 e. The maximum atomic E-state index is 12.7. The Bertz CT molecular complexity index is 842. The molecule has 0 spiro atoms. The van der Waals surface area contributed by atoms with Gasteiger partial charge in [0.15, 0.2) is 6.61 Å². The van der Waals surface area contributed by atoms with E-state index in [4.69, 9.17) is 9.47 Å². The van der Waals surface area contributed by atoms with Crippen LogP contribution in [0.5, 0.6) is 0 Å². The smallest absolute Gasteiger partial charge is 0.326 e. The molecule has 1 heterocycles. The first-order chi connectivity index (χ1) is 14.3. The largest absolute Gasteiger partial charge is 0.465 e. The number of amides is 1. The van der Waals surface area contributed by atoms with E-state index in [2.05, 4.69) is 0 Å². The van der Waals surface area contributed by atoms with E-state index in [1.54, 1.807) is 44.2 Å². The lowest BCUT2D eigenvalue weighted by Crippen LogP contribution is -2.44. The van der Waals surface area contributed by atoms with Crippen LogP contribution in [0.3, 0.4) is 0 Å². The highest BCUT2D eigenvalue weighted by atomic mass is 32.2. The molecule has 0 saturated carbocycles. The SMILES string of the molecule is CCCS(=O)(=O)N1CCCC1C(=O)OCC(=O)N(CC(=O)OCC)c1ccccc1. The van der Waals surface area contributed by atoms with Crippen molar-refractivity contribution in [2.45, 2.75) is 39.2 Å². The molecule has 30 heavy (non-hydrogen) atoms. The predicted molar refractivity (Wildman–Crippen MR) is 110 cm³/mol. The van der Waals surface area contributed by atoms with Gasteiger partial charge in [-0.2, -0.15) is 4.31 Å². The molecule has 0 bridgehead atoms. The summed E-state index contributed by atoms with van der Waals surface area (Å²) in [7, 11) is -3.55. The Hall–Kier alpha value is -2.46. The van der Waals surface area contributed by atoms with Gasteiger partial charge in [0.1, 0.15) is 12.6 Å². The second-order valence-electron chi connectivity index (χ2n) is 6.81. The zero-order chi connectivity index (χ0) is 22.1. The summed E-state index contributed by atoms with van der Waals surface area (Å²) < 4.78 is 35.9. The minimum atomic E-state index is -3.55. The minimum absolute atomic E-state index is 0.0446. The van der Waals surface area contributed by atoms with Gasteiger partial charge in [0.2, 0.25) is 10.0 Å². The van der Waals surface area contributed by atoms with Gasteiger partial charge < -0.3 is 9.47 Å². The van der Waals surface area contributed by atoms with Gasteiger partial charge in [-0.25, -0.2) is 8.42 Å². The highest BCUT2D eigenvalue weighted by Crippen LogP contribution is 2.23. The van der Waals surface area contributed by atoms with Gasteiger partial charge in [-0.15, -0.1) is 0 Å². The fraction of sp³-hybridized carbons (Fsp3) is 0.550. The lowest BCUT2D eigenvalue weighted by Gasteiger charge is -2.24. The number of ether oxygens (including phenoxy) is 2. The Kier molecular flexibility index (Phi) is 8.79. The number of carbonyl (C=O) groups excluding carboxylic acids is 3. The number of nitrogens with zero attached hydrogens (tertiary/aromatic N) is 2. The van der Waals surface area contributed by atoms with Crippen LogP contribution in [-0.4, -0.2) is 68.7 Å². The number of hydrogen-bond acceptors (Lipinski definition) is 7. The quantitative estimate of drug-likeness (QED) is 0.505. The molecule has 1 fully saturated rings. The Balaban J connectivity index is 2.05. The van der Waals surface area contributed by atoms with Crippen LogP contribution in [0.15, 0.2) is 30.3 Å². The number of carbonyl (C=O) groups is 3. The number of sulfonamides is 1. The van der Waals surface area contributed by atoms with Crippen LogP contribution < -0.4 is 4.90 Å². The van der Waals surface area contributed by atoms with Crippen molar-refractivity contribution in [3.8, 4) is 0 Å². The summed E-state index contributed by atoms with van der Waals surface area (Å²) in [6.07, 6.45) is 1.34. The standard InChI is InChI=1S/C20H28N2O7S/c1-3-13-30(26,27)22-12-8-11-17(22)20(25)29-15-18(23)21(14-19(24)28-4-2)16-9-6-5-7-10-16/h5-7,9-10,17H,3-4,8,11-15H2,1-2H3. The van der Waals surface area contributed by atoms with Crippen LogP contribution in [0.4, 0.5) is 5.69 Å². The van der Waals surface area contributed by atoms with Crippen LogP contribution in [-0.2, 0) is 33.9 Å². The molecule has 2 rings (SSSR count). The van der Waals surface area contributed by atoms with Crippen LogP contribution >= 0.6 is 0 Å². The molecule has 10 heteroatoms. The lowest BCUT2D eigenvalue weighted by molar-refractivity contribution is -0.151. The van der Waals surface area contributed by atoms with Gasteiger partial charge in [0, 0.05) is 12.2 Å². The molecule has 0 aliphatic carbocycles. The molecule has 166 valence electrons. The third-order valence-electron chi connectivity index (χ3n) is 4.59. The molecule has 1 unspecified atom stereocenters. The Morgan fingerprint density at radius 3 is 2.47 bits per heavy atom. The van der Waals surface area contributed by atoms with Gasteiger partial charge in [0.05, 0.1) is 12.4 Å². The summed E-state index contributed by atoms with van der Waals surface area (Å²) in [6, 6.07) is 7.56. The minimum Gasteiger partial charge on any atom is -0.465 e. The number of benzene rings is 1. The second-order valence-corrected chi connectivity index (χ2v) is 8.85. The normalized spacial score (nSPS) is 16.8. The average Bonchev–Trinajstić information content (AvgIpc) is 3.22. The monoisotopic (exact) mass is 440 g/mol. The summed E-state index contributed by atoms with van der Waals surface area (Å²) in [5.41, 5.74) is 0.458. The lowest BCUT2D eigenvalue weighted by atomic mass is 10.2. The van der Waals surface area contributed by atoms with Gasteiger partial charge in [0.25, 0.3) is 5.91 Å². The van der Waals surface area contributed by atoms with E-state index >= 15 is 0 Å². The van der Waals surface area contributed by atoms with Crippen LogP contribution in [0.2, 0.25) is 0 Å². The van der Waals surface area contributed by atoms with E-state index in [-0.39, 0.29) is 25.4 Å². The number of para-hydroxylation sites is 1. The van der Waals surface area contributed by atoms with Crippen molar-refractivity contribution in [2.75, 3.05) is 37.0 Å². The van der Waals surface area contributed by atoms with Crippen molar-refractivity contribution >= 4 is 33.6 Å². The molecule has 0 aromatic heterocycles. The van der Waals surface area contributed by atoms with Crippen molar-refractivity contribution in [2.24, 2.45) is 0 Å². The van der Waals surface area contributed by atoms with Crippen LogP contribution in [0, 0.1) is 0 Å². The van der Waals surface area contributed by atoms with Crippen molar-refractivity contribution in [1.82, 2.24) is 4.31 Å². The molecular weight excluding hydrogens is 412 g/mol. The van der Waals surface area contributed by atoms with E-state index in [1.165, 1.54) is 4.90 Å². The van der Waals surface area contributed by atoms with E-state index in [0.717, 1.165) is 4.31 Å². The number of esters is 2. The summed E-state index contributed by atoms with van der Waals surface area (Å²) in [4.78, 5) is 38.3. The fourth-order valence-electron chi connectivity index (χ4n) is 3.26. The van der Waals surface area contributed by atoms with Crippen LogP contribution in [0.1, 0.15) is 33.1 Å². The van der Waals surface area contributed by atoms with Crippen molar-refractivity contribution < 1.29 is 32.3 Å². The third-order valence-corrected chi connectivity index (χ3v) is 6.67. The number of anilines is 1. The molecule has 1 aliphatic heterocycles. The molecule has 1 aliphatic rings. The Morgan fingerprint density at radius 1 is 1.13 bits per heavy atom.